The van der Waals surface area contributed by atoms with Gasteiger partial charge in [0, 0.05) is 0 Å². The highest BCUT2D eigenvalue weighted by Crippen LogP contribution is 2.23. The second-order valence-electron chi connectivity index (χ2n) is 2.29. The zero-order valence-corrected chi connectivity index (χ0v) is 8.35. The first-order valence-corrected chi connectivity index (χ1v) is 5.44. The van der Waals surface area contributed by atoms with Crippen LogP contribution in [-0.2, 0) is 0 Å². The Hall–Kier alpha value is -1.08. The summed E-state index contributed by atoms with van der Waals surface area (Å²) < 4.78 is 1.76. The van der Waals surface area contributed by atoms with Gasteiger partial charge in [-0.25, -0.2) is 14.6 Å². The maximum Gasteiger partial charge on any atom is 0.299 e. The average Bonchev–Trinajstić information content (AvgIpc) is 2.55. The molecule has 0 unspecified atom stereocenters. The smallest absolute Gasteiger partial charge is 0.299 e. The fourth-order valence-corrected chi connectivity index (χ4v) is 2.28. The van der Waals surface area contributed by atoms with Gasteiger partial charge >= 0.3 is 0 Å². The van der Waals surface area contributed by atoms with Crippen LogP contribution in [0, 0.1) is 0 Å². The second-order valence-corrected chi connectivity index (χ2v) is 4.33. The van der Waals surface area contributed by atoms with E-state index in [4.69, 9.17) is 5.84 Å². The number of nitrogens with two attached hydrogens (primary N) is 1. The zero-order valence-electron chi connectivity index (χ0n) is 6.72. The van der Waals surface area contributed by atoms with Crippen LogP contribution in [0.3, 0.4) is 0 Å². The van der Waals surface area contributed by atoms with Crippen LogP contribution < -0.4 is 11.4 Å². The standard InChI is InChI=1S/C6H6N4OS2/c1-12-6-9-3-4(13-6)8-2-10(7)5(3)11/h2H,7H2,1H3. The monoisotopic (exact) mass is 214 g/mol. The van der Waals surface area contributed by atoms with Gasteiger partial charge in [0.2, 0.25) is 0 Å². The maximum atomic E-state index is 11.4. The molecule has 0 aromatic carbocycles. The highest BCUT2D eigenvalue weighted by atomic mass is 32.2. The van der Waals surface area contributed by atoms with E-state index in [2.05, 4.69) is 9.97 Å². The Morgan fingerprint density at radius 1 is 1.69 bits per heavy atom. The van der Waals surface area contributed by atoms with Crippen LogP contribution in [-0.4, -0.2) is 20.9 Å². The van der Waals surface area contributed by atoms with Crippen molar-refractivity contribution >= 4 is 33.4 Å². The first-order chi connectivity index (χ1) is 6.22. The topological polar surface area (TPSA) is 73.8 Å². The van der Waals surface area contributed by atoms with Crippen molar-refractivity contribution in [2.45, 2.75) is 4.34 Å². The summed E-state index contributed by atoms with van der Waals surface area (Å²) in [7, 11) is 0. The molecule has 0 fully saturated rings. The molecular weight excluding hydrogens is 208 g/mol. The molecular formula is C6H6N4OS2. The van der Waals surface area contributed by atoms with E-state index in [0.29, 0.717) is 10.3 Å². The van der Waals surface area contributed by atoms with Crippen molar-refractivity contribution in [1.82, 2.24) is 14.6 Å². The summed E-state index contributed by atoms with van der Waals surface area (Å²) in [4.78, 5) is 20.1. The molecule has 0 amide bonds. The van der Waals surface area contributed by atoms with Gasteiger partial charge in [-0.05, 0) is 6.26 Å². The van der Waals surface area contributed by atoms with Crippen molar-refractivity contribution in [3.63, 3.8) is 0 Å². The van der Waals surface area contributed by atoms with E-state index in [9.17, 15) is 4.79 Å². The Bertz CT molecular complexity index is 503. The third-order valence-corrected chi connectivity index (χ3v) is 3.45. The number of nitrogens with zero attached hydrogens (tertiary/aromatic N) is 3. The molecule has 0 aliphatic carbocycles. The molecule has 0 aliphatic heterocycles. The number of rotatable bonds is 1. The summed E-state index contributed by atoms with van der Waals surface area (Å²) >= 11 is 2.88. The van der Waals surface area contributed by atoms with E-state index < -0.39 is 0 Å². The molecule has 5 nitrogen and oxygen atoms in total. The van der Waals surface area contributed by atoms with E-state index in [-0.39, 0.29) is 5.56 Å². The highest BCUT2D eigenvalue weighted by molar-refractivity contribution is 8.00. The van der Waals surface area contributed by atoms with Crippen LogP contribution in [0.15, 0.2) is 15.5 Å². The Kier molecular flexibility index (Phi) is 1.97. The first kappa shape index (κ1) is 8.52. The minimum atomic E-state index is -0.304. The Morgan fingerprint density at radius 3 is 3.15 bits per heavy atom. The summed E-state index contributed by atoms with van der Waals surface area (Å²) in [6.45, 7) is 0. The van der Waals surface area contributed by atoms with Gasteiger partial charge in [-0.15, -0.1) is 0 Å². The second kappa shape index (κ2) is 3.00. The predicted molar refractivity (Wildman–Crippen MR) is 53.6 cm³/mol. The van der Waals surface area contributed by atoms with E-state index in [1.54, 1.807) is 0 Å². The summed E-state index contributed by atoms with van der Waals surface area (Å²) in [5, 5.41) is 0. The molecule has 0 saturated carbocycles. The lowest BCUT2D eigenvalue weighted by atomic mass is 10.6. The van der Waals surface area contributed by atoms with Gasteiger partial charge < -0.3 is 5.84 Å². The van der Waals surface area contributed by atoms with Crippen LogP contribution in [0.2, 0.25) is 0 Å². The Labute approximate surface area is 81.6 Å². The summed E-state index contributed by atoms with van der Waals surface area (Å²) in [6, 6.07) is 0. The van der Waals surface area contributed by atoms with Crippen molar-refractivity contribution in [2.75, 3.05) is 12.1 Å². The number of hydrogen-bond acceptors (Lipinski definition) is 6. The molecule has 7 heteroatoms. The molecule has 2 N–H and O–H groups in total. The van der Waals surface area contributed by atoms with E-state index in [1.165, 1.54) is 29.4 Å². The molecule has 2 rings (SSSR count). The quantitative estimate of drug-likeness (QED) is 0.545. The van der Waals surface area contributed by atoms with Crippen molar-refractivity contribution in [2.24, 2.45) is 0 Å². The van der Waals surface area contributed by atoms with Gasteiger partial charge in [0.05, 0.1) is 0 Å². The van der Waals surface area contributed by atoms with Gasteiger partial charge in [0.15, 0.2) is 14.7 Å². The number of hydrogen-bond donors (Lipinski definition) is 1. The molecule has 0 bridgehead atoms. The molecule has 2 heterocycles. The third kappa shape index (κ3) is 1.29. The highest BCUT2D eigenvalue weighted by Gasteiger charge is 2.08. The van der Waals surface area contributed by atoms with Gasteiger partial charge in [-0.3, -0.25) is 4.79 Å². The summed E-state index contributed by atoms with van der Waals surface area (Å²) in [5.41, 5.74) is 0.0425. The number of aromatic nitrogens is 3. The minimum absolute atomic E-state index is 0.304. The normalized spacial score (nSPS) is 10.8. The van der Waals surface area contributed by atoms with Crippen LogP contribution >= 0.6 is 23.1 Å². The molecule has 13 heavy (non-hydrogen) atoms. The van der Waals surface area contributed by atoms with Crippen molar-refractivity contribution < 1.29 is 0 Å². The Morgan fingerprint density at radius 2 is 2.46 bits per heavy atom. The fraction of sp³-hybridized carbons (Fsp3) is 0.167. The first-order valence-electron chi connectivity index (χ1n) is 3.39. The van der Waals surface area contributed by atoms with Crippen LogP contribution in [0.25, 0.3) is 10.3 Å². The van der Waals surface area contributed by atoms with E-state index in [1.807, 2.05) is 6.26 Å². The average molecular weight is 214 g/mol. The number of nitrogen functional groups attached to an aromatic ring is 1. The van der Waals surface area contributed by atoms with Crippen molar-refractivity contribution in [3.05, 3.63) is 16.7 Å². The van der Waals surface area contributed by atoms with E-state index in [0.717, 1.165) is 9.02 Å². The van der Waals surface area contributed by atoms with Gasteiger partial charge in [0.1, 0.15) is 6.33 Å². The lowest BCUT2D eigenvalue weighted by molar-refractivity contribution is 0.910. The molecule has 2 aromatic rings. The molecule has 0 atom stereocenters. The largest absolute Gasteiger partial charge is 0.335 e. The summed E-state index contributed by atoms with van der Waals surface area (Å²) in [6.07, 6.45) is 3.20. The number of thioether (sulfide) groups is 1. The molecule has 0 radical (unpaired) electrons. The van der Waals surface area contributed by atoms with E-state index >= 15 is 0 Å². The molecule has 2 aromatic heterocycles. The van der Waals surface area contributed by atoms with Crippen LogP contribution in [0.4, 0.5) is 0 Å². The van der Waals surface area contributed by atoms with Crippen molar-refractivity contribution in [3.8, 4) is 0 Å². The lowest BCUT2D eigenvalue weighted by Crippen LogP contribution is -2.27. The Balaban J connectivity index is 2.84. The third-order valence-electron chi connectivity index (χ3n) is 1.50. The molecule has 0 saturated heterocycles. The molecule has 68 valence electrons. The predicted octanol–water partition coefficient (Wildman–Crippen LogP) is 0.289. The van der Waals surface area contributed by atoms with Crippen LogP contribution in [0.5, 0.6) is 0 Å². The van der Waals surface area contributed by atoms with Gasteiger partial charge in [-0.2, -0.15) is 0 Å². The number of thiazole rings is 1. The fourth-order valence-electron chi connectivity index (χ4n) is 0.896. The summed E-state index contributed by atoms with van der Waals surface area (Å²) in [5.74, 6) is 5.34. The van der Waals surface area contributed by atoms with Crippen LogP contribution in [0.1, 0.15) is 0 Å². The molecule has 0 spiro atoms. The lowest BCUT2D eigenvalue weighted by Gasteiger charge is -1.92. The maximum absolute atomic E-state index is 11.4. The minimum Gasteiger partial charge on any atom is -0.335 e. The van der Waals surface area contributed by atoms with Gasteiger partial charge in [0.25, 0.3) is 5.56 Å². The van der Waals surface area contributed by atoms with Crippen molar-refractivity contribution in [1.29, 1.82) is 0 Å². The number of fused-ring (bicyclic) bond motifs is 1. The molecule has 0 aliphatic rings. The van der Waals surface area contributed by atoms with Gasteiger partial charge in [-0.1, -0.05) is 23.1 Å². The zero-order chi connectivity index (χ0) is 9.42. The SMILES string of the molecule is CSc1nc2c(=O)n(N)cnc2s1.